The molecular weight excluding hydrogens is 337 g/mol. The van der Waals surface area contributed by atoms with Gasteiger partial charge in [0.05, 0.1) is 19.9 Å². The predicted molar refractivity (Wildman–Crippen MR) is 82.2 cm³/mol. The molecule has 9 heteroatoms. The van der Waals surface area contributed by atoms with Crippen LogP contribution in [-0.4, -0.2) is 40.6 Å². The summed E-state index contributed by atoms with van der Waals surface area (Å²) in [5.41, 5.74) is 2.00. The third kappa shape index (κ3) is 3.81. The first-order chi connectivity index (χ1) is 11.9. The maximum atomic E-state index is 12.8. The van der Waals surface area contributed by atoms with Gasteiger partial charge in [-0.05, 0) is 18.1 Å². The Bertz CT molecular complexity index is 768. The quantitative estimate of drug-likeness (QED) is 0.841. The number of alkyl halides is 3. The van der Waals surface area contributed by atoms with Crippen LogP contribution < -0.4 is 9.47 Å². The molecule has 3 rings (SSSR count). The van der Waals surface area contributed by atoms with E-state index in [-0.39, 0.29) is 0 Å². The van der Waals surface area contributed by atoms with E-state index in [0.717, 1.165) is 11.1 Å². The maximum Gasteiger partial charge on any atom is 0.451 e. The molecule has 0 atom stereocenters. The molecule has 3 heterocycles. The van der Waals surface area contributed by atoms with Crippen LogP contribution in [0.3, 0.4) is 0 Å². The molecule has 25 heavy (non-hydrogen) atoms. The highest BCUT2D eigenvalue weighted by molar-refractivity contribution is 5.31. The number of fused-ring (bicyclic) bond motifs is 1. The Morgan fingerprint density at radius 2 is 1.96 bits per heavy atom. The fourth-order valence-corrected chi connectivity index (χ4v) is 2.73. The van der Waals surface area contributed by atoms with Crippen LogP contribution >= 0.6 is 0 Å². The number of nitrogens with zero attached hydrogens (tertiary/aromatic N) is 4. The Morgan fingerprint density at radius 3 is 2.64 bits per heavy atom. The van der Waals surface area contributed by atoms with Crippen LogP contribution in [0.2, 0.25) is 0 Å². The summed E-state index contributed by atoms with van der Waals surface area (Å²) in [7, 11) is 3.03. The summed E-state index contributed by atoms with van der Waals surface area (Å²) in [6, 6.07) is 3.56. The Kier molecular flexibility index (Phi) is 4.76. The Balaban J connectivity index is 1.79. The molecule has 0 amide bonds. The van der Waals surface area contributed by atoms with Crippen molar-refractivity contribution in [1.29, 1.82) is 0 Å². The lowest BCUT2D eigenvalue weighted by Crippen LogP contribution is -2.32. The average Bonchev–Trinajstić information content (AvgIpc) is 2.60. The molecule has 6 nitrogen and oxygen atoms in total. The first-order valence-electron chi connectivity index (χ1n) is 7.63. The molecular formula is C16H17F3N4O2. The van der Waals surface area contributed by atoms with E-state index in [4.69, 9.17) is 9.47 Å². The number of halogens is 3. The average molecular weight is 354 g/mol. The van der Waals surface area contributed by atoms with Crippen molar-refractivity contribution in [3.63, 3.8) is 0 Å². The first-order valence-corrected chi connectivity index (χ1v) is 7.63. The summed E-state index contributed by atoms with van der Waals surface area (Å²) < 4.78 is 48.7. The lowest BCUT2D eigenvalue weighted by atomic mass is 10.1. The van der Waals surface area contributed by atoms with Gasteiger partial charge >= 0.3 is 6.18 Å². The molecule has 0 N–H and O–H groups in total. The maximum absolute atomic E-state index is 12.8. The molecule has 2 aromatic heterocycles. The van der Waals surface area contributed by atoms with Crippen LogP contribution in [0, 0.1) is 0 Å². The molecule has 0 saturated carbocycles. The molecule has 134 valence electrons. The molecule has 0 unspecified atom stereocenters. The van der Waals surface area contributed by atoms with Crippen molar-refractivity contribution < 1.29 is 22.6 Å². The molecule has 0 aliphatic carbocycles. The second-order valence-electron chi connectivity index (χ2n) is 5.65. The van der Waals surface area contributed by atoms with E-state index >= 15 is 0 Å². The van der Waals surface area contributed by atoms with Crippen LogP contribution in [0.1, 0.15) is 22.6 Å². The van der Waals surface area contributed by atoms with Crippen molar-refractivity contribution in [2.75, 3.05) is 20.8 Å². The van der Waals surface area contributed by atoms with Gasteiger partial charge in [-0.25, -0.2) is 9.97 Å². The van der Waals surface area contributed by atoms with Crippen LogP contribution in [0.5, 0.6) is 11.8 Å². The Labute approximate surface area is 142 Å². The second-order valence-corrected chi connectivity index (χ2v) is 5.65. The predicted octanol–water partition coefficient (Wildman–Crippen LogP) is 2.47. The molecule has 0 radical (unpaired) electrons. The normalized spacial score (nSPS) is 14.9. The highest BCUT2D eigenvalue weighted by atomic mass is 19.4. The summed E-state index contributed by atoms with van der Waals surface area (Å²) in [5.74, 6) is -0.229. The van der Waals surface area contributed by atoms with Crippen molar-refractivity contribution in [1.82, 2.24) is 19.9 Å². The van der Waals surface area contributed by atoms with Gasteiger partial charge in [-0.3, -0.25) is 4.90 Å². The van der Waals surface area contributed by atoms with E-state index in [2.05, 4.69) is 15.0 Å². The summed E-state index contributed by atoms with van der Waals surface area (Å²) in [6.45, 7) is 1.50. The van der Waals surface area contributed by atoms with Crippen molar-refractivity contribution in [3.05, 3.63) is 41.0 Å². The topological polar surface area (TPSA) is 60.4 Å². The highest BCUT2D eigenvalue weighted by Gasteiger charge is 2.35. The van der Waals surface area contributed by atoms with Gasteiger partial charge in [0.25, 0.3) is 0 Å². The third-order valence-electron chi connectivity index (χ3n) is 3.99. The monoisotopic (exact) mass is 354 g/mol. The fourth-order valence-electron chi connectivity index (χ4n) is 2.73. The van der Waals surface area contributed by atoms with Gasteiger partial charge in [-0.2, -0.15) is 18.2 Å². The molecule has 1 aliphatic rings. The van der Waals surface area contributed by atoms with Gasteiger partial charge in [-0.15, -0.1) is 0 Å². The number of hydrogen-bond donors (Lipinski definition) is 0. The minimum Gasteiger partial charge on any atom is -0.481 e. The summed E-state index contributed by atoms with van der Waals surface area (Å²) in [4.78, 5) is 13.3. The number of hydrogen-bond acceptors (Lipinski definition) is 6. The lowest BCUT2D eigenvalue weighted by molar-refractivity contribution is -0.145. The zero-order valence-corrected chi connectivity index (χ0v) is 13.8. The van der Waals surface area contributed by atoms with Gasteiger partial charge in [-0.1, -0.05) is 0 Å². The molecule has 0 fully saturated rings. The summed E-state index contributed by atoms with van der Waals surface area (Å²) in [6.07, 6.45) is -2.67. The first kappa shape index (κ1) is 17.4. The van der Waals surface area contributed by atoms with Crippen molar-refractivity contribution >= 4 is 0 Å². The van der Waals surface area contributed by atoms with Crippen LogP contribution in [-0.2, 0) is 25.7 Å². The standard InChI is InChI=1S/C16H17F3N4O2/c1-24-13-4-3-11(14(22-13)25-2)8-23-6-5-10-7-20-15(16(17,18)19)21-12(10)9-23/h3-4,7H,5-6,8-9H2,1-2H3. The minimum atomic E-state index is -4.54. The van der Waals surface area contributed by atoms with Gasteiger partial charge < -0.3 is 9.47 Å². The fraction of sp³-hybridized carbons (Fsp3) is 0.438. The Hall–Kier alpha value is -2.42. The van der Waals surface area contributed by atoms with E-state index in [0.29, 0.717) is 43.5 Å². The van der Waals surface area contributed by atoms with Crippen molar-refractivity contribution in [2.45, 2.75) is 25.7 Å². The van der Waals surface area contributed by atoms with Gasteiger partial charge in [0, 0.05) is 37.5 Å². The lowest BCUT2D eigenvalue weighted by Gasteiger charge is -2.28. The molecule has 0 aromatic carbocycles. The van der Waals surface area contributed by atoms with E-state index in [1.165, 1.54) is 20.4 Å². The number of methoxy groups -OCH3 is 2. The molecule has 0 spiro atoms. The zero-order valence-electron chi connectivity index (χ0n) is 13.8. The summed E-state index contributed by atoms with van der Waals surface area (Å²) in [5, 5.41) is 0. The van der Waals surface area contributed by atoms with Crippen LogP contribution in [0.25, 0.3) is 0 Å². The zero-order chi connectivity index (χ0) is 18.0. The Morgan fingerprint density at radius 1 is 1.16 bits per heavy atom. The number of pyridine rings is 1. The van der Waals surface area contributed by atoms with Gasteiger partial charge in [0.1, 0.15) is 0 Å². The van der Waals surface area contributed by atoms with Crippen molar-refractivity contribution in [2.24, 2.45) is 0 Å². The van der Waals surface area contributed by atoms with Crippen LogP contribution in [0.15, 0.2) is 18.3 Å². The number of ether oxygens (including phenoxy) is 2. The highest BCUT2D eigenvalue weighted by Crippen LogP contribution is 2.28. The van der Waals surface area contributed by atoms with Crippen LogP contribution in [0.4, 0.5) is 13.2 Å². The molecule has 0 bridgehead atoms. The molecule has 1 aliphatic heterocycles. The molecule has 2 aromatic rings. The SMILES string of the molecule is COc1ccc(CN2CCc3cnc(C(F)(F)F)nc3C2)c(OC)n1. The van der Waals surface area contributed by atoms with Gasteiger partial charge in [0.15, 0.2) is 0 Å². The smallest absolute Gasteiger partial charge is 0.451 e. The number of rotatable bonds is 4. The van der Waals surface area contributed by atoms with E-state index < -0.39 is 12.0 Å². The molecule has 0 saturated heterocycles. The summed E-state index contributed by atoms with van der Waals surface area (Å²) >= 11 is 0. The van der Waals surface area contributed by atoms with E-state index in [1.807, 2.05) is 11.0 Å². The van der Waals surface area contributed by atoms with E-state index in [9.17, 15) is 13.2 Å². The second kappa shape index (κ2) is 6.83. The number of aromatic nitrogens is 3. The third-order valence-corrected chi connectivity index (χ3v) is 3.99. The van der Waals surface area contributed by atoms with Crippen molar-refractivity contribution in [3.8, 4) is 11.8 Å². The minimum absolute atomic E-state index is 0.316. The largest absolute Gasteiger partial charge is 0.481 e. The van der Waals surface area contributed by atoms with E-state index in [1.54, 1.807) is 6.07 Å². The van der Waals surface area contributed by atoms with Gasteiger partial charge in [0.2, 0.25) is 17.6 Å².